The quantitative estimate of drug-likeness (QED) is 0.647. The van der Waals surface area contributed by atoms with Crippen LogP contribution in [0, 0.1) is 17.8 Å². The van der Waals surface area contributed by atoms with Crippen molar-refractivity contribution in [1.29, 1.82) is 0 Å². The second-order valence-electron chi connectivity index (χ2n) is 4.50. The molecule has 3 atom stereocenters. The highest BCUT2D eigenvalue weighted by Gasteiger charge is 2.30. The molecular formula is C10H21NO. The Hall–Kier alpha value is -0.0800. The van der Waals surface area contributed by atoms with Gasteiger partial charge in [0, 0.05) is 0 Å². The third kappa shape index (κ3) is 2.20. The minimum atomic E-state index is 0.300. The molecule has 0 aromatic heterocycles. The maximum absolute atomic E-state index is 5.29. The van der Waals surface area contributed by atoms with Gasteiger partial charge in [0.2, 0.25) is 0 Å². The highest BCUT2D eigenvalue weighted by atomic mass is 16.6. The van der Waals surface area contributed by atoms with E-state index < -0.39 is 0 Å². The first kappa shape index (κ1) is 10.0. The molecule has 0 aromatic carbocycles. The van der Waals surface area contributed by atoms with Gasteiger partial charge in [-0.25, -0.2) is 5.90 Å². The summed E-state index contributed by atoms with van der Waals surface area (Å²) in [5.74, 6) is 7.45. The molecule has 1 fully saturated rings. The van der Waals surface area contributed by atoms with E-state index in [0.717, 1.165) is 12.3 Å². The fourth-order valence-corrected chi connectivity index (χ4v) is 2.27. The minimum Gasteiger partial charge on any atom is -0.301 e. The van der Waals surface area contributed by atoms with E-state index in [2.05, 4.69) is 20.8 Å². The van der Waals surface area contributed by atoms with Gasteiger partial charge in [-0.2, -0.15) is 0 Å². The summed E-state index contributed by atoms with van der Waals surface area (Å²) in [6, 6.07) is 0. The van der Waals surface area contributed by atoms with E-state index in [1.54, 1.807) is 0 Å². The van der Waals surface area contributed by atoms with Crippen molar-refractivity contribution in [1.82, 2.24) is 0 Å². The summed E-state index contributed by atoms with van der Waals surface area (Å²) >= 11 is 0. The first-order valence-electron chi connectivity index (χ1n) is 5.00. The predicted octanol–water partition coefficient (Wildman–Crippen LogP) is 2.34. The van der Waals surface area contributed by atoms with Crippen LogP contribution in [0.5, 0.6) is 0 Å². The summed E-state index contributed by atoms with van der Waals surface area (Å²) in [6.45, 7) is 6.79. The summed E-state index contributed by atoms with van der Waals surface area (Å²) in [6.07, 6.45) is 4.05. The Balaban J connectivity index is 2.50. The van der Waals surface area contributed by atoms with E-state index >= 15 is 0 Å². The molecule has 1 rings (SSSR count). The van der Waals surface area contributed by atoms with Gasteiger partial charge in [-0.05, 0) is 30.6 Å². The van der Waals surface area contributed by atoms with E-state index in [9.17, 15) is 0 Å². The van der Waals surface area contributed by atoms with Gasteiger partial charge in [-0.15, -0.1) is 0 Å². The summed E-state index contributed by atoms with van der Waals surface area (Å²) in [5.41, 5.74) is 0. The fraction of sp³-hybridized carbons (Fsp3) is 1.00. The second-order valence-corrected chi connectivity index (χ2v) is 4.50. The van der Waals surface area contributed by atoms with Gasteiger partial charge in [0.25, 0.3) is 0 Å². The van der Waals surface area contributed by atoms with Crippen LogP contribution in [0.4, 0.5) is 0 Å². The zero-order valence-corrected chi connectivity index (χ0v) is 8.42. The molecule has 0 unspecified atom stereocenters. The van der Waals surface area contributed by atoms with Crippen molar-refractivity contribution >= 4 is 0 Å². The molecule has 2 nitrogen and oxygen atoms in total. The molecule has 0 saturated heterocycles. The number of hydrogen-bond acceptors (Lipinski definition) is 2. The first-order chi connectivity index (χ1) is 5.65. The molecule has 0 aliphatic heterocycles. The topological polar surface area (TPSA) is 35.2 Å². The van der Waals surface area contributed by atoms with Gasteiger partial charge >= 0.3 is 0 Å². The van der Waals surface area contributed by atoms with Crippen LogP contribution in [-0.2, 0) is 4.84 Å². The lowest BCUT2D eigenvalue weighted by Crippen LogP contribution is -2.35. The van der Waals surface area contributed by atoms with Crippen molar-refractivity contribution in [3.8, 4) is 0 Å². The van der Waals surface area contributed by atoms with Crippen molar-refractivity contribution in [2.75, 3.05) is 0 Å². The predicted molar refractivity (Wildman–Crippen MR) is 50.4 cm³/mol. The van der Waals surface area contributed by atoms with Crippen molar-refractivity contribution in [2.24, 2.45) is 23.7 Å². The van der Waals surface area contributed by atoms with Crippen LogP contribution in [-0.4, -0.2) is 6.10 Å². The van der Waals surface area contributed by atoms with E-state index in [4.69, 9.17) is 10.7 Å². The maximum atomic E-state index is 5.29. The van der Waals surface area contributed by atoms with Crippen LogP contribution in [0.2, 0.25) is 0 Å². The largest absolute Gasteiger partial charge is 0.301 e. The Morgan fingerprint density at radius 3 is 2.50 bits per heavy atom. The van der Waals surface area contributed by atoms with E-state index in [-0.39, 0.29) is 0 Å². The zero-order chi connectivity index (χ0) is 9.14. The SMILES string of the molecule is CC(C)[C@@H]1CC[C@@H](C)C[C@H]1ON. The average molecular weight is 171 g/mol. The first-order valence-corrected chi connectivity index (χ1v) is 5.00. The smallest absolute Gasteiger partial charge is 0.0820 e. The molecule has 12 heavy (non-hydrogen) atoms. The Bertz CT molecular complexity index is 136. The van der Waals surface area contributed by atoms with Gasteiger partial charge in [-0.1, -0.05) is 27.2 Å². The Labute approximate surface area is 75.4 Å². The van der Waals surface area contributed by atoms with Gasteiger partial charge < -0.3 is 4.84 Å². The molecule has 0 radical (unpaired) electrons. The van der Waals surface area contributed by atoms with Gasteiger partial charge in [0.1, 0.15) is 0 Å². The van der Waals surface area contributed by atoms with E-state index in [1.165, 1.54) is 12.8 Å². The molecule has 1 aliphatic carbocycles. The lowest BCUT2D eigenvalue weighted by Gasteiger charge is -2.35. The highest BCUT2D eigenvalue weighted by molar-refractivity contribution is 4.80. The Morgan fingerprint density at radius 2 is 2.00 bits per heavy atom. The van der Waals surface area contributed by atoms with Crippen molar-refractivity contribution in [3.05, 3.63) is 0 Å². The second kappa shape index (κ2) is 4.24. The summed E-state index contributed by atoms with van der Waals surface area (Å²) in [4.78, 5) is 5.04. The molecular weight excluding hydrogens is 150 g/mol. The molecule has 2 heteroatoms. The van der Waals surface area contributed by atoms with E-state index in [0.29, 0.717) is 17.9 Å². The fourth-order valence-electron chi connectivity index (χ4n) is 2.27. The summed E-state index contributed by atoms with van der Waals surface area (Å²) in [5, 5.41) is 0. The molecule has 1 aliphatic rings. The normalized spacial score (nSPS) is 37.2. The molecule has 2 N–H and O–H groups in total. The maximum Gasteiger partial charge on any atom is 0.0820 e. The van der Waals surface area contributed by atoms with Crippen molar-refractivity contribution in [3.63, 3.8) is 0 Å². The molecule has 0 spiro atoms. The van der Waals surface area contributed by atoms with Crippen LogP contribution >= 0.6 is 0 Å². The zero-order valence-electron chi connectivity index (χ0n) is 8.42. The average Bonchev–Trinajstić information content (AvgIpc) is 2.03. The third-order valence-corrected chi connectivity index (χ3v) is 3.14. The molecule has 0 aromatic rings. The van der Waals surface area contributed by atoms with Crippen LogP contribution in [0.1, 0.15) is 40.0 Å². The Morgan fingerprint density at radius 1 is 1.33 bits per heavy atom. The van der Waals surface area contributed by atoms with Crippen LogP contribution in [0.3, 0.4) is 0 Å². The summed E-state index contributed by atoms with van der Waals surface area (Å²) in [7, 11) is 0. The van der Waals surface area contributed by atoms with Crippen LogP contribution in [0.25, 0.3) is 0 Å². The lowest BCUT2D eigenvalue weighted by atomic mass is 9.75. The Kier molecular flexibility index (Phi) is 3.53. The van der Waals surface area contributed by atoms with Crippen LogP contribution < -0.4 is 5.90 Å². The molecule has 0 heterocycles. The van der Waals surface area contributed by atoms with Gasteiger partial charge in [0.05, 0.1) is 6.10 Å². The number of rotatable bonds is 2. The van der Waals surface area contributed by atoms with Gasteiger partial charge in [-0.3, -0.25) is 0 Å². The molecule has 1 saturated carbocycles. The summed E-state index contributed by atoms with van der Waals surface area (Å²) < 4.78 is 0. The lowest BCUT2D eigenvalue weighted by molar-refractivity contribution is -0.0399. The minimum absolute atomic E-state index is 0.300. The highest BCUT2D eigenvalue weighted by Crippen LogP contribution is 2.34. The third-order valence-electron chi connectivity index (χ3n) is 3.14. The number of nitrogens with two attached hydrogens (primary N) is 1. The van der Waals surface area contributed by atoms with Crippen LogP contribution in [0.15, 0.2) is 0 Å². The van der Waals surface area contributed by atoms with Gasteiger partial charge in [0.15, 0.2) is 0 Å². The van der Waals surface area contributed by atoms with E-state index in [1.807, 2.05) is 0 Å². The van der Waals surface area contributed by atoms with Crippen molar-refractivity contribution in [2.45, 2.75) is 46.1 Å². The molecule has 72 valence electrons. The number of hydrogen-bond donors (Lipinski definition) is 1. The standard InChI is InChI=1S/C10H21NO/c1-7(2)9-5-4-8(3)6-10(9)12-11/h7-10H,4-6,11H2,1-3H3/t8-,9+,10-/m1/s1. The van der Waals surface area contributed by atoms with Crippen molar-refractivity contribution < 1.29 is 4.84 Å². The molecule has 0 bridgehead atoms. The molecule has 0 amide bonds. The monoisotopic (exact) mass is 171 g/mol.